The van der Waals surface area contributed by atoms with Crippen LogP contribution in [-0.2, 0) is 11.2 Å². The Morgan fingerprint density at radius 2 is 1.82 bits per heavy atom. The Kier molecular flexibility index (Phi) is 6.12. The molecule has 1 amide bonds. The van der Waals surface area contributed by atoms with E-state index in [0.29, 0.717) is 29.3 Å². The third-order valence-corrected chi connectivity index (χ3v) is 7.23. The molecule has 3 N–H and O–H groups in total. The van der Waals surface area contributed by atoms with Gasteiger partial charge in [0.2, 0.25) is 5.91 Å². The maximum Gasteiger partial charge on any atom is 0.228 e. The summed E-state index contributed by atoms with van der Waals surface area (Å²) in [6, 6.07) is 15.4. The van der Waals surface area contributed by atoms with E-state index in [9.17, 15) is 4.79 Å². The molecule has 0 bridgehead atoms. The molecule has 0 unspecified atom stereocenters. The molecule has 7 rings (SSSR count). The maximum atomic E-state index is 12.6. The van der Waals surface area contributed by atoms with Gasteiger partial charge in [0.15, 0.2) is 11.6 Å². The molecule has 6 heterocycles. The normalized spacial score (nSPS) is 13.7. The number of fused-ring (bicyclic) bond motifs is 2. The van der Waals surface area contributed by atoms with Gasteiger partial charge in [-0.25, -0.2) is 9.97 Å². The van der Waals surface area contributed by atoms with Crippen LogP contribution in [0.1, 0.15) is 24.8 Å². The number of nitrogens with zero attached hydrogens (tertiary/aromatic N) is 6. The lowest BCUT2D eigenvalue weighted by Gasteiger charge is -2.27. The van der Waals surface area contributed by atoms with E-state index in [1.165, 1.54) is 19.3 Å². The zero-order valence-corrected chi connectivity index (χ0v) is 21.8. The molecule has 0 radical (unpaired) electrons. The highest BCUT2D eigenvalue weighted by Gasteiger charge is 2.20. The molecule has 40 heavy (non-hydrogen) atoms. The Morgan fingerprint density at radius 1 is 0.950 bits per heavy atom. The predicted molar refractivity (Wildman–Crippen MR) is 155 cm³/mol. The Bertz CT molecular complexity index is 1820. The van der Waals surface area contributed by atoms with Crippen molar-refractivity contribution in [3.63, 3.8) is 0 Å². The highest BCUT2D eigenvalue weighted by atomic mass is 16.1. The van der Waals surface area contributed by atoms with Crippen LogP contribution < -0.4 is 10.2 Å². The molecule has 1 aliphatic rings. The number of aromatic amines is 2. The van der Waals surface area contributed by atoms with Crippen molar-refractivity contribution in [2.24, 2.45) is 0 Å². The van der Waals surface area contributed by atoms with Crippen molar-refractivity contribution < 1.29 is 4.79 Å². The zero-order valence-electron chi connectivity index (χ0n) is 21.8. The monoisotopic (exact) mass is 529 g/mol. The smallest absolute Gasteiger partial charge is 0.228 e. The fourth-order valence-electron chi connectivity index (χ4n) is 5.26. The number of rotatable bonds is 6. The molecule has 6 aromatic rings. The quantitative estimate of drug-likeness (QED) is 0.273. The lowest BCUT2D eigenvalue weighted by molar-refractivity contribution is -0.115. The van der Waals surface area contributed by atoms with E-state index in [1.54, 1.807) is 18.6 Å². The van der Waals surface area contributed by atoms with Crippen LogP contribution in [-0.4, -0.2) is 54.1 Å². The number of benzene rings is 1. The molecule has 1 aliphatic heterocycles. The lowest BCUT2D eigenvalue weighted by Crippen LogP contribution is -2.30. The summed E-state index contributed by atoms with van der Waals surface area (Å²) < 4.78 is 0. The summed E-state index contributed by atoms with van der Waals surface area (Å²) >= 11 is 0. The Morgan fingerprint density at radius 3 is 2.70 bits per heavy atom. The summed E-state index contributed by atoms with van der Waals surface area (Å²) in [4.78, 5) is 36.9. The third-order valence-electron chi connectivity index (χ3n) is 7.23. The van der Waals surface area contributed by atoms with Gasteiger partial charge >= 0.3 is 0 Å². The highest BCUT2D eigenvalue weighted by molar-refractivity contribution is 5.96. The number of anilines is 2. The van der Waals surface area contributed by atoms with E-state index in [0.717, 1.165) is 52.0 Å². The first-order chi connectivity index (χ1) is 19.7. The first-order valence-electron chi connectivity index (χ1n) is 13.4. The van der Waals surface area contributed by atoms with Crippen LogP contribution in [0.25, 0.3) is 44.7 Å². The van der Waals surface area contributed by atoms with E-state index in [2.05, 4.69) is 40.3 Å². The van der Waals surface area contributed by atoms with Gasteiger partial charge in [0.1, 0.15) is 11.2 Å². The number of carbonyl (C=O) groups is 1. The number of pyridine rings is 3. The first kappa shape index (κ1) is 24.0. The van der Waals surface area contributed by atoms with Crippen molar-refractivity contribution in [2.45, 2.75) is 25.7 Å². The second kappa shape index (κ2) is 10.2. The number of amides is 1. The summed E-state index contributed by atoms with van der Waals surface area (Å²) in [6.07, 6.45) is 10.8. The molecule has 198 valence electrons. The zero-order chi connectivity index (χ0) is 26.9. The molecule has 0 spiro atoms. The van der Waals surface area contributed by atoms with Crippen LogP contribution in [0.5, 0.6) is 0 Å². The summed E-state index contributed by atoms with van der Waals surface area (Å²) in [7, 11) is 0. The van der Waals surface area contributed by atoms with Gasteiger partial charge in [-0.05, 0) is 43.0 Å². The molecule has 1 fully saturated rings. The topological polar surface area (TPSA) is 128 Å². The fraction of sp³-hybridized carbons (Fsp3) is 0.200. The van der Waals surface area contributed by atoms with Crippen LogP contribution >= 0.6 is 0 Å². The van der Waals surface area contributed by atoms with Gasteiger partial charge in [-0.1, -0.05) is 30.3 Å². The molecule has 0 aliphatic carbocycles. The fourth-order valence-corrected chi connectivity index (χ4v) is 5.26. The molecule has 10 nitrogen and oxygen atoms in total. The molecule has 0 atom stereocenters. The van der Waals surface area contributed by atoms with E-state index < -0.39 is 0 Å². The number of hydrogen-bond donors (Lipinski definition) is 3. The minimum atomic E-state index is -0.103. The van der Waals surface area contributed by atoms with Crippen LogP contribution in [0.2, 0.25) is 0 Å². The minimum absolute atomic E-state index is 0.103. The van der Waals surface area contributed by atoms with Crippen molar-refractivity contribution in [3.05, 3.63) is 78.9 Å². The van der Waals surface area contributed by atoms with Gasteiger partial charge in [-0.2, -0.15) is 5.10 Å². The summed E-state index contributed by atoms with van der Waals surface area (Å²) in [5, 5.41) is 11.5. The molecule has 5 aromatic heterocycles. The van der Waals surface area contributed by atoms with Gasteiger partial charge in [0.05, 0.1) is 41.2 Å². The van der Waals surface area contributed by atoms with Crippen molar-refractivity contribution in [1.29, 1.82) is 0 Å². The number of imidazole rings is 1. The Balaban J connectivity index is 1.19. The van der Waals surface area contributed by atoms with Crippen LogP contribution in [0.3, 0.4) is 0 Å². The van der Waals surface area contributed by atoms with Gasteiger partial charge in [-0.3, -0.25) is 19.9 Å². The van der Waals surface area contributed by atoms with Crippen LogP contribution in [0.15, 0.2) is 73.3 Å². The number of aromatic nitrogens is 7. The lowest BCUT2D eigenvalue weighted by atomic mass is 10.1. The largest absolute Gasteiger partial charge is 0.355 e. The third kappa shape index (κ3) is 4.64. The second-order valence-corrected chi connectivity index (χ2v) is 10.0. The minimum Gasteiger partial charge on any atom is -0.355 e. The van der Waals surface area contributed by atoms with Crippen LogP contribution in [0, 0.1) is 0 Å². The standard InChI is InChI=1S/C30H27N9O/c40-26(13-19-7-3-1-4-8-19)34-21-14-20(16-31-17-21)24-15-22-25(18-33-24)37-38-27(22)29-35-23-9-10-32-30(28(23)36-29)39-11-5-2-6-12-39/h1,3-4,7-10,14-18H,2,5-6,11-13H2,(H,34,40)(H,35,36)(H,37,38). The first-order valence-corrected chi connectivity index (χ1v) is 13.4. The van der Waals surface area contributed by atoms with Gasteiger partial charge in [0, 0.05) is 36.4 Å². The number of H-pyrrole nitrogens is 2. The average molecular weight is 530 g/mol. The van der Waals surface area contributed by atoms with Crippen molar-refractivity contribution in [3.8, 4) is 22.8 Å². The van der Waals surface area contributed by atoms with Crippen LogP contribution in [0.4, 0.5) is 11.5 Å². The molecule has 10 heteroatoms. The second-order valence-electron chi connectivity index (χ2n) is 10.0. The van der Waals surface area contributed by atoms with Crippen molar-refractivity contribution in [1.82, 2.24) is 35.1 Å². The summed E-state index contributed by atoms with van der Waals surface area (Å²) in [5.41, 5.74) is 6.36. The maximum absolute atomic E-state index is 12.6. The summed E-state index contributed by atoms with van der Waals surface area (Å²) in [6.45, 7) is 1.99. The van der Waals surface area contributed by atoms with E-state index in [-0.39, 0.29) is 5.91 Å². The number of carbonyl (C=O) groups excluding carboxylic acids is 1. The number of hydrogen-bond acceptors (Lipinski definition) is 7. The molecule has 0 saturated carbocycles. The molecular weight excluding hydrogens is 502 g/mol. The predicted octanol–water partition coefficient (Wildman–Crippen LogP) is 5.13. The van der Waals surface area contributed by atoms with Gasteiger partial charge in [-0.15, -0.1) is 0 Å². The van der Waals surface area contributed by atoms with E-state index in [1.807, 2.05) is 54.7 Å². The number of piperidine rings is 1. The van der Waals surface area contributed by atoms with Crippen molar-refractivity contribution >= 4 is 39.3 Å². The summed E-state index contributed by atoms with van der Waals surface area (Å²) in [5.74, 6) is 1.48. The van der Waals surface area contributed by atoms with Gasteiger partial charge in [0.25, 0.3) is 0 Å². The SMILES string of the molecule is O=C(Cc1ccccc1)Nc1cncc(-c2cc3c(-c4nc5c(N6CCCCC6)nccc5[nH]4)n[nH]c3cn2)c1. The molecular formula is C30H27N9O. The Labute approximate surface area is 229 Å². The highest BCUT2D eigenvalue weighted by Crippen LogP contribution is 2.32. The Hall–Kier alpha value is -5.12. The van der Waals surface area contributed by atoms with E-state index in [4.69, 9.17) is 4.98 Å². The molecule has 1 aromatic carbocycles. The van der Waals surface area contributed by atoms with Gasteiger partial charge < -0.3 is 15.2 Å². The van der Waals surface area contributed by atoms with Crippen molar-refractivity contribution in [2.75, 3.05) is 23.3 Å². The molecule has 1 saturated heterocycles. The number of nitrogens with one attached hydrogen (secondary N) is 3. The van der Waals surface area contributed by atoms with E-state index >= 15 is 0 Å². The average Bonchev–Trinajstić information content (AvgIpc) is 3.62.